The van der Waals surface area contributed by atoms with Crippen LogP contribution >= 0.6 is 27.7 Å². The fourth-order valence-electron chi connectivity index (χ4n) is 3.13. The number of thioether (sulfide) groups is 1. The molecule has 1 unspecified atom stereocenters. The van der Waals surface area contributed by atoms with Crippen molar-refractivity contribution in [3.05, 3.63) is 0 Å². The van der Waals surface area contributed by atoms with E-state index >= 15 is 0 Å². The molecule has 0 N–H and O–H groups in total. The Balaban J connectivity index is 2.12. The van der Waals surface area contributed by atoms with Crippen LogP contribution in [0, 0.1) is 16.7 Å². The van der Waals surface area contributed by atoms with E-state index in [0.717, 1.165) is 11.3 Å². The van der Waals surface area contributed by atoms with E-state index in [0.29, 0.717) is 5.41 Å². The Bertz CT molecular complexity index is 182. The summed E-state index contributed by atoms with van der Waals surface area (Å²) < 4.78 is 0. The van der Waals surface area contributed by atoms with Gasteiger partial charge >= 0.3 is 0 Å². The number of hydrogen-bond donors (Lipinski definition) is 0. The summed E-state index contributed by atoms with van der Waals surface area (Å²) in [7, 11) is 0. The number of halogens is 1. The van der Waals surface area contributed by atoms with Crippen LogP contribution in [0.5, 0.6) is 0 Å². The summed E-state index contributed by atoms with van der Waals surface area (Å²) in [6, 6.07) is 0. The topological polar surface area (TPSA) is 0 Å². The van der Waals surface area contributed by atoms with E-state index in [1.807, 2.05) is 0 Å². The summed E-state index contributed by atoms with van der Waals surface area (Å²) in [6.07, 6.45) is 2.92. The molecule has 1 heterocycles. The molecule has 0 radical (unpaired) electrons. The van der Waals surface area contributed by atoms with Crippen molar-refractivity contribution >= 4 is 27.7 Å². The molecule has 0 nitrogen and oxygen atoms in total. The van der Waals surface area contributed by atoms with Crippen molar-refractivity contribution in [2.75, 3.05) is 16.8 Å². The summed E-state index contributed by atoms with van der Waals surface area (Å²) in [4.78, 5) is 0. The normalized spacial score (nSPS) is 36.8. The second kappa shape index (κ2) is 2.91. The first-order valence-electron chi connectivity index (χ1n) is 4.79. The Morgan fingerprint density at radius 3 is 2.33 bits per heavy atom. The van der Waals surface area contributed by atoms with Gasteiger partial charge in [-0.05, 0) is 41.1 Å². The van der Waals surface area contributed by atoms with Gasteiger partial charge in [0.05, 0.1) is 0 Å². The van der Waals surface area contributed by atoms with Crippen molar-refractivity contribution in [1.82, 2.24) is 0 Å². The van der Waals surface area contributed by atoms with Gasteiger partial charge in [0, 0.05) is 5.33 Å². The standard InChI is InChI=1S/C10H17BrS/c1-9(2)8(7-11)10(9)3-5-12-6-4-10/h8H,3-7H2,1-2H3. The van der Waals surface area contributed by atoms with Gasteiger partial charge in [0.2, 0.25) is 0 Å². The van der Waals surface area contributed by atoms with E-state index in [9.17, 15) is 0 Å². The third kappa shape index (κ3) is 1.03. The number of rotatable bonds is 1. The van der Waals surface area contributed by atoms with Gasteiger partial charge in [-0.2, -0.15) is 11.8 Å². The Labute approximate surface area is 88.0 Å². The van der Waals surface area contributed by atoms with Gasteiger partial charge in [-0.3, -0.25) is 0 Å². The number of alkyl halides is 1. The fourth-order valence-corrected chi connectivity index (χ4v) is 5.78. The molecule has 12 heavy (non-hydrogen) atoms. The van der Waals surface area contributed by atoms with Gasteiger partial charge in [-0.1, -0.05) is 29.8 Å². The molecule has 0 aromatic carbocycles. The average molecular weight is 249 g/mol. The van der Waals surface area contributed by atoms with Gasteiger partial charge in [0.1, 0.15) is 0 Å². The lowest BCUT2D eigenvalue weighted by Gasteiger charge is -2.24. The van der Waals surface area contributed by atoms with Crippen LogP contribution in [0.25, 0.3) is 0 Å². The summed E-state index contributed by atoms with van der Waals surface area (Å²) >= 11 is 5.79. The molecule has 2 fully saturated rings. The minimum Gasteiger partial charge on any atom is -0.162 e. The highest BCUT2D eigenvalue weighted by molar-refractivity contribution is 9.09. The van der Waals surface area contributed by atoms with Crippen molar-refractivity contribution < 1.29 is 0 Å². The second-order valence-electron chi connectivity index (χ2n) is 4.70. The molecule has 0 aromatic rings. The molecule has 0 bridgehead atoms. The maximum Gasteiger partial charge on any atom is 0.00705 e. The summed E-state index contributed by atoms with van der Waals surface area (Å²) in [5.74, 6) is 3.74. The van der Waals surface area contributed by atoms with E-state index in [1.54, 1.807) is 0 Å². The predicted octanol–water partition coefficient (Wildman–Crippen LogP) is 3.55. The lowest BCUT2D eigenvalue weighted by atomic mass is 9.90. The third-order valence-corrected chi connectivity index (χ3v) is 5.91. The van der Waals surface area contributed by atoms with Crippen molar-refractivity contribution in [2.24, 2.45) is 16.7 Å². The lowest BCUT2D eigenvalue weighted by Crippen LogP contribution is -2.16. The van der Waals surface area contributed by atoms with Crippen LogP contribution in [-0.2, 0) is 0 Å². The SMILES string of the molecule is CC1(C)C(CBr)C12CCSCC2. The number of hydrogen-bond acceptors (Lipinski definition) is 1. The highest BCUT2D eigenvalue weighted by Crippen LogP contribution is 2.74. The Kier molecular flexibility index (Phi) is 2.28. The monoisotopic (exact) mass is 248 g/mol. The Morgan fingerprint density at radius 1 is 1.33 bits per heavy atom. The summed E-state index contributed by atoms with van der Waals surface area (Å²) in [6.45, 7) is 4.91. The average Bonchev–Trinajstić information content (AvgIpc) is 2.49. The molecule has 2 rings (SSSR count). The fraction of sp³-hybridized carbons (Fsp3) is 1.00. The first-order chi connectivity index (χ1) is 5.65. The molecule has 1 atom stereocenters. The second-order valence-corrected chi connectivity index (χ2v) is 6.57. The van der Waals surface area contributed by atoms with Crippen LogP contribution < -0.4 is 0 Å². The van der Waals surface area contributed by atoms with E-state index < -0.39 is 0 Å². The highest BCUT2D eigenvalue weighted by atomic mass is 79.9. The molecule has 1 saturated heterocycles. The molecule has 70 valence electrons. The van der Waals surface area contributed by atoms with E-state index in [4.69, 9.17) is 0 Å². The van der Waals surface area contributed by atoms with Crippen LogP contribution in [0.15, 0.2) is 0 Å². The third-order valence-electron chi connectivity index (χ3n) is 4.28. The molecule has 0 aromatic heterocycles. The van der Waals surface area contributed by atoms with Crippen LogP contribution in [-0.4, -0.2) is 16.8 Å². The first kappa shape index (κ1) is 9.39. The van der Waals surface area contributed by atoms with Gasteiger partial charge in [-0.15, -0.1) is 0 Å². The van der Waals surface area contributed by atoms with Crippen LogP contribution in [0.2, 0.25) is 0 Å². The quantitative estimate of drug-likeness (QED) is 0.640. The van der Waals surface area contributed by atoms with E-state index in [2.05, 4.69) is 41.5 Å². The van der Waals surface area contributed by atoms with E-state index in [-0.39, 0.29) is 0 Å². The van der Waals surface area contributed by atoms with Crippen LogP contribution in [0.1, 0.15) is 26.7 Å². The molecule has 1 spiro atoms. The molecule has 1 saturated carbocycles. The van der Waals surface area contributed by atoms with Gasteiger partial charge in [0.25, 0.3) is 0 Å². The highest BCUT2D eigenvalue weighted by Gasteiger charge is 2.68. The zero-order valence-corrected chi connectivity index (χ0v) is 10.3. The zero-order valence-electron chi connectivity index (χ0n) is 7.90. The van der Waals surface area contributed by atoms with Crippen molar-refractivity contribution in [3.8, 4) is 0 Å². The zero-order chi connectivity index (χ0) is 8.82. The minimum atomic E-state index is 0.622. The van der Waals surface area contributed by atoms with Crippen LogP contribution in [0.4, 0.5) is 0 Å². The molecule has 2 aliphatic rings. The maximum absolute atomic E-state index is 3.66. The molecular weight excluding hydrogens is 232 g/mol. The first-order valence-corrected chi connectivity index (χ1v) is 7.06. The van der Waals surface area contributed by atoms with Gasteiger partial charge < -0.3 is 0 Å². The lowest BCUT2D eigenvalue weighted by molar-refractivity contribution is 0.353. The minimum absolute atomic E-state index is 0.622. The molecule has 1 aliphatic carbocycles. The molecule has 0 amide bonds. The van der Waals surface area contributed by atoms with Gasteiger partial charge in [-0.25, -0.2) is 0 Å². The smallest absolute Gasteiger partial charge is 0.00705 e. The summed E-state index contributed by atoms with van der Waals surface area (Å²) in [5.41, 5.74) is 1.35. The summed E-state index contributed by atoms with van der Waals surface area (Å²) in [5, 5.41) is 1.21. The van der Waals surface area contributed by atoms with Crippen molar-refractivity contribution in [3.63, 3.8) is 0 Å². The van der Waals surface area contributed by atoms with Crippen molar-refractivity contribution in [1.29, 1.82) is 0 Å². The molecule has 1 aliphatic heterocycles. The predicted molar refractivity (Wildman–Crippen MR) is 60.1 cm³/mol. The molecule has 2 heteroatoms. The van der Waals surface area contributed by atoms with Crippen LogP contribution in [0.3, 0.4) is 0 Å². The van der Waals surface area contributed by atoms with E-state index in [1.165, 1.54) is 29.7 Å². The Morgan fingerprint density at radius 2 is 1.92 bits per heavy atom. The van der Waals surface area contributed by atoms with Gasteiger partial charge in [0.15, 0.2) is 0 Å². The molecular formula is C10H17BrS. The maximum atomic E-state index is 3.66. The Hall–Kier alpha value is 0.830. The van der Waals surface area contributed by atoms with Crippen molar-refractivity contribution in [2.45, 2.75) is 26.7 Å². The largest absolute Gasteiger partial charge is 0.162 e.